The Hall–Kier alpha value is -3.07. The minimum Gasteiger partial charge on any atom is -0.494 e. The van der Waals surface area contributed by atoms with Crippen LogP contribution < -0.4 is 14.8 Å². The standard InChI is InChI=1S/C18H17FN2O5S/c1-10-13-8-11(19)4-7-15(13)26-17(10)18(22)20-12-5-6-14(16(9-12)25-2)21-27(3,23)24/h4-9,21H,1-3H3,(H,20,22). The summed E-state index contributed by atoms with van der Waals surface area (Å²) in [5.74, 6) is -0.637. The summed E-state index contributed by atoms with van der Waals surface area (Å²) in [5.41, 5.74) is 1.55. The molecule has 9 heteroatoms. The molecule has 0 unspecified atom stereocenters. The molecule has 3 rings (SSSR count). The molecule has 2 aromatic carbocycles. The molecule has 2 N–H and O–H groups in total. The number of ether oxygens (including phenoxy) is 1. The smallest absolute Gasteiger partial charge is 0.291 e. The number of methoxy groups -OCH3 is 1. The molecule has 7 nitrogen and oxygen atoms in total. The van der Waals surface area contributed by atoms with Gasteiger partial charge in [-0.15, -0.1) is 0 Å². The first-order valence-corrected chi connectivity index (χ1v) is 9.73. The summed E-state index contributed by atoms with van der Waals surface area (Å²) in [5, 5.41) is 3.17. The lowest BCUT2D eigenvalue weighted by Crippen LogP contribution is -2.13. The maximum atomic E-state index is 13.4. The molecule has 1 aromatic heterocycles. The summed E-state index contributed by atoms with van der Waals surface area (Å²) in [7, 11) is -2.09. The highest BCUT2D eigenvalue weighted by Crippen LogP contribution is 2.30. The van der Waals surface area contributed by atoms with Gasteiger partial charge in [0.15, 0.2) is 5.76 Å². The molecule has 0 fully saturated rings. The van der Waals surface area contributed by atoms with Crippen LogP contribution in [0.5, 0.6) is 5.75 Å². The molecule has 0 saturated heterocycles. The Bertz CT molecular complexity index is 1140. The average Bonchev–Trinajstić information content (AvgIpc) is 2.91. The first kappa shape index (κ1) is 18.7. The molecule has 0 aliphatic carbocycles. The number of anilines is 2. The molecular formula is C18H17FN2O5S. The minimum atomic E-state index is -3.48. The van der Waals surface area contributed by atoms with E-state index in [2.05, 4.69) is 10.0 Å². The molecule has 1 amide bonds. The van der Waals surface area contributed by atoms with E-state index in [1.54, 1.807) is 6.92 Å². The topological polar surface area (TPSA) is 97.6 Å². The third-order valence-electron chi connectivity index (χ3n) is 3.86. The highest BCUT2D eigenvalue weighted by molar-refractivity contribution is 7.92. The maximum absolute atomic E-state index is 13.4. The van der Waals surface area contributed by atoms with Crippen LogP contribution in [0.2, 0.25) is 0 Å². The van der Waals surface area contributed by atoms with Gasteiger partial charge in [0.05, 0.1) is 19.1 Å². The first-order valence-electron chi connectivity index (χ1n) is 7.84. The third-order valence-corrected chi connectivity index (χ3v) is 4.45. The van der Waals surface area contributed by atoms with E-state index < -0.39 is 21.7 Å². The fourth-order valence-electron chi connectivity index (χ4n) is 2.65. The molecular weight excluding hydrogens is 375 g/mol. The van der Waals surface area contributed by atoms with Crippen molar-refractivity contribution in [1.82, 2.24) is 0 Å². The molecule has 142 valence electrons. The van der Waals surface area contributed by atoms with Crippen molar-refractivity contribution in [2.75, 3.05) is 23.4 Å². The van der Waals surface area contributed by atoms with Crippen LogP contribution in [-0.2, 0) is 10.0 Å². The summed E-state index contributed by atoms with van der Waals surface area (Å²) in [6.45, 7) is 1.67. The van der Waals surface area contributed by atoms with E-state index >= 15 is 0 Å². The molecule has 0 radical (unpaired) electrons. The van der Waals surface area contributed by atoms with E-state index in [-0.39, 0.29) is 17.2 Å². The zero-order valence-electron chi connectivity index (χ0n) is 14.8. The number of hydrogen-bond donors (Lipinski definition) is 2. The number of rotatable bonds is 5. The number of halogens is 1. The van der Waals surface area contributed by atoms with Gasteiger partial charge in [0.25, 0.3) is 5.91 Å². The Balaban J connectivity index is 1.89. The summed E-state index contributed by atoms with van der Waals surface area (Å²) >= 11 is 0. The number of nitrogens with one attached hydrogen (secondary N) is 2. The van der Waals surface area contributed by atoms with Gasteiger partial charge < -0.3 is 14.5 Å². The molecule has 3 aromatic rings. The molecule has 0 saturated carbocycles. The molecule has 0 bridgehead atoms. The molecule has 1 heterocycles. The zero-order valence-corrected chi connectivity index (χ0v) is 15.6. The number of sulfonamides is 1. The van der Waals surface area contributed by atoms with E-state index in [4.69, 9.17) is 9.15 Å². The van der Waals surface area contributed by atoms with Gasteiger partial charge in [-0.1, -0.05) is 0 Å². The number of aryl methyl sites for hydroxylation is 1. The Morgan fingerprint density at radius 1 is 1.19 bits per heavy atom. The Kier molecular flexibility index (Phi) is 4.79. The second-order valence-corrected chi connectivity index (χ2v) is 7.69. The van der Waals surface area contributed by atoms with Crippen LogP contribution in [0, 0.1) is 12.7 Å². The number of benzene rings is 2. The summed E-state index contributed by atoms with van der Waals surface area (Å²) in [6, 6.07) is 8.49. The van der Waals surface area contributed by atoms with Gasteiger partial charge >= 0.3 is 0 Å². The van der Waals surface area contributed by atoms with Gasteiger partial charge in [0, 0.05) is 22.7 Å². The lowest BCUT2D eigenvalue weighted by molar-refractivity contribution is 0.0998. The minimum absolute atomic E-state index is 0.0629. The summed E-state index contributed by atoms with van der Waals surface area (Å²) < 4.78 is 49.2. The fraction of sp³-hybridized carbons (Fsp3) is 0.167. The highest BCUT2D eigenvalue weighted by atomic mass is 32.2. The van der Waals surface area contributed by atoms with Crippen molar-refractivity contribution >= 4 is 38.3 Å². The molecule has 0 atom stereocenters. The van der Waals surface area contributed by atoms with Crippen molar-refractivity contribution in [3.63, 3.8) is 0 Å². The Morgan fingerprint density at radius 3 is 2.59 bits per heavy atom. The number of carbonyl (C=O) groups excluding carboxylic acids is 1. The van der Waals surface area contributed by atoms with Crippen LogP contribution >= 0.6 is 0 Å². The van der Waals surface area contributed by atoms with E-state index in [9.17, 15) is 17.6 Å². The summed E-state index contributed by atoms with van der Waals surface area (Å²) in [6.07, 6.45) is 1.02. The van der Waals surface area contributed by atoms with Crippen molar-refractivity contribution in [2.45, 2.75) is 6.92 Å². The lowest BCUT2D eigenvalue weighted by Gasteiger charge is -2.12. The second kappa shape index (κ2) is 6.92. The van der Waals surface area contributed by atoms with E-state index in [1.807, 2.05) is 0 Å². The quantitative estimate of drug-likeness (QED) is 0.692. The normalized spacial score (nSPS) is 11.4. The van der Waals surface area contributed by atoms with Crippen molar-refractivity contribution < 1.29 is 26.8 Å². The summed E-state index contributed by atoms with van der Waals surface area (Å²) in [4.78, 5) is 12.6. The monoisotopic (exact) mass is 392 g/mol. The van der Waals surface area contributed by atoms with Crippen molar-refractivity contribution in [2.24, 2.45) is 0 Å². The number of fused-ring (bicyclic) bond motifs is 1. The van der Waals surface area contributed by atoms with Gasteiger partial charge in [0.1, 0.15) is 17.1 Å². The fourth-order valence-corrected chi connectivity index (χ4v) is 3.22. The number of hydrogen-bond acceptors (Lipinski definition) is 5. The van der Waals surface area contributed by atoms with Crippen molar-refractivity contribution in [3.05, 3.63) is 53.5 Å². The van der Waals surface area contributed by atoms with Crippen LogP contribution in [0.3, 0.4) is 0 Å². The van der Waals surface area contributed by atoms with Crippen LogP contribution in [0.4, 0.5) is 15.8 Å². The van der Waals surface area contributed by atoms with Crippen LogP contribution in [0.25, 0.3) is 11.0 Å². The van der Waals surface area contributed by atoms with Gasteiger partial charge in [-0.25, -0.2) is 12.8 Å². The predicted molar refractivity (Wildman–Crippen MR) is 100 cm³/mol. The first-order chi connectivity index (χ1) is 12.7. The maximum Gasteiger partial charge on any atom is 0.291 e. The average molecular weight is 392 g/mol. The Labute approximate surface area is 155 Å². The van der Waals surface area contributed by atoms with E-state index in [1.165, 1.54) is 43.5 Å². The van der Waals surface area contributed by atoms with E-state index in [0.29, 0.717) is 22.2 Å². The molecule has 0 aliphatic rings. The van der Waals surface area contributed by atoms with Crippen LogP contribution in [0.15, 0.2) is 40.8 Å². The number of amides is 1. The highest BCUT2D eigenvalue weighted by Gasteiger charge is 2.19. The molecule has 0 spiro atoms. The number of carbonyl (C=O) groups is 1. The largest absolute Gasteiger partial charge is 0.494 e. The van der Waals surface area contributed by atoms with Gasteiger partial charge in [-0.05, 0) is 37.3 Å². The predicted octanol–water partition coefficient (Wildman–Crippen LogP) is 3.51. The van der Waals surface area contributed by atoms with Crippen molar-refractivity contribution in [3.8, 4) is 5.75 Å². The third kappa shape index (κ3) is 4.03. The Morgan fingerprint density at radius 2 is 1.93 bits per heavy atom. The van der Waals surface area contributed by atoms with E-state index in [0.717, 1.165) is 6.26 Å². The van der Waals surface area contributed by atoms with Crippen LogP contribution in [-0.4, -0.2) is 27.7 Å². The second-order valence-electron chi connectivity index (χ2n) is 5.94. The van der Waals surface area contributed by atoms with Gasteiger partial charge in [0.2, 0.25) is 10.0 Å². The van der Waals surface area contributed by atoms with Crippen molar-refractivity contribution in [1.29, 1.82) is 0 Å². The molecule has 27 heavy (non-hydrogen) atoms. The number of furan rings is 1. The SMILES string of the molecule is COc1cc(NC(=O)c2oc3ccc(F)cc3c2C)ccc1NS(C)(=O)=O. The van der Waals surface area contributed by atoms with Gasteiger partial charge in [-0.3, -0.25) is 9.52 Å². The van der Waals surface area contributed by atoms with Crippen LogP contribution in [0.1, 0.15) is 16.1 Å². The van der Waals surface area contributed by atoms with Gasteiger partial charge in [-0.2, -0.15) is 0 Å². The molecule has 0 aliphatic heterocycles. The lowest BCUT2D eigenvalue weighted by atomic mass is 10.1. The zero-order chi connectivity index (χ0) is 19.8.